The van der Waals surface area contributed by atoms with E-state index in [0.717, 1.165) is 18.1 Å². The minimum atomic E-state index is -0.237. The number of hydrogen-bond acceptors (Lipinski definition) is 6. The van der Waals surface area contributed by atoms with Crippen LogP contribution in [0.2, 0.25) is 0 Å². The summed E-state index contributed by atoms with van der Waals surface area (Å²) in [5.74, 6) is 1.55. The minimum Gasteiger partial charge on any atom is -0.378 e. The van der Waals surface area contributed by atoms with Crippen LogP contribution in [0.4, 0.5) is 5.82 Å². The number of aromatic nitrogens is 4. The van der Waals surface area contributed by atoms with Crippen LogP contribution in [-0.2, 0) is 16.1 Å². The van der Waals surface area contributed by atoms with E-state index in [4.69, 9.17) is 4.74 Å². The molecular formula is C14H20N6O2. The fourth-order valence-corrected chi connectivity index (χ4v) is 2.87. The molecule has 1 N–H and O–H groups in total. The number of carbonyl (C=O) groups is 1. The number of piperazine rings is 1. The zero-order valence-corrected chi connectivity index (χ0v) is 13.0. The molecule has 0 radical (unpaired) electrons. The number of nitrogens with one attached hydrogen (secondary N) is 1. The minimum absolute atomic E-state index is 0.0413. The molecule has 1 saturated heterocycles. The number of rotatable bonds is 4. The van der Waals surface area contributed by atoms with Crippen molar-refractivity contribution in [2.24, 2.45) is 5.92 Å². The van der Waals surface area contributed by atoms with E-state index in [2.05, 4.69) is 25.3 Å². The van der Waals surface area contributed by atoms with Gasteiger partial charge in [-0.25, -0.2) is 4.98 Å². The van der Waals surface area contributed by atoms with Gasteiger partial charge >= 0.3 is 0 Å². The van der Waals surface area contributed by atoms with Crippen molar-refractivity contribution in [1.82, 2.24) is 24.9 Å². The van der Waals surface area contributed by atoms with E-state index in [0.29, 0.717) is 18.9 Å². The monoisotopic (exact) mass is 304 g/mol. The quantitative estimate of drug-likeness (QED) is 0.870. The summed E-state index contributed by atoms with van der Waals surface area (Å²) in [5, 5.41) is 7.17. The molecule has 1 amide bonds. The number of methoxy groups -OCH3 is 1. The van der Waals surface area contributed by atoms with Crippen LogP contribution in [0.3, 0.4) is 0 Å². The Labute approximate surface area is 128 Å². The summed E-state index contributed by atoms with van der Waals surface area (Å²) in [4.78, 5) is 22.9. The van der Waals surface area contributed by atoms with Gasteiger partial charge in [0.05, 0.1) is 12.3 Å². The predicted molar refractivity (Wildman–Crippen MR) is 80.5 cm³/mol. The largest absolute Gasteiger partial charge is 0.378 e. The first-order chi connectivity index (χ1) is 10.6. The van der Waals surface area contributed by atoms with Crippen LogP contribution in [0.15, 0.2) is 12.4 Å². The van der Waals surface area contributed by atoms with Crippen LogP contribution in [0.1, 0.15) is 19.5 Å². The highest BCUT2D eigenvalue weighted by Gasteiger charge is 2.34. The highest BCUT2D eigenvalue weighted by atomic mass is 16.5. The summed E-state index contributed by atoms with van der Waals surface area (Å²) in [6.07, 6.45) is 1.47. The Balaban J connectivity index is 2.10. The fourth-order valence-electron chi connectivity index (χ4n) is 2.87. The van der Waals surface area contributed by atoms with Crippen LogP contribution in [0.5, 0.6) is 0 Å². The molecule has 0 bridgehead atoms. The maximum atomic E-state index is 12.3. The summed E-state index contributed by atoms with van der Waals surface area (Å²) in [7, 11) is 1.63. The summed E-state index contributed by atoms with van der Waals surface area (Å²) >= 11 is 0. The van der Waals surface area contributed by atoms with Gasteiger partial charge in [-0.05, 0) is 5.92 Å². The van der Waals surface area contributed by atoms with Gasteiger partial charge in [0.15, 0.2) is 0 Å². The number of nitrogens with zero attached hydrogens (tertiary/aromatic N) is 5. The number of hydrogen-bond donors (Lipinski definition) is 1. The van der Waals surface area contributed by atoms with Crippen molar-refractivity contribution in [2.75, 3.05) is 25.1 Å². The van der Waals surface area contributed by atoms with Gasteiger partial charge in [-0.2, -0.15) is 14.6 Å². The van der Waals surface area contributed by atoms with E-state index in [9.17, 15) is 4.79 Å². The third kappa shape index (κ3) is 2.50. The van der Waals surface area contributed by atoms with Crippen molar-refractivity contribution in [3.8, 4) is 0 Å². The average Bonchev–Trinajstić information content (AvgIpc) is 2.94. The van der Waals surface area contributed by atoms with Crippen molar-refractivity contribution < 1.29 is 9.53 Å². The van der Waals surface area contributed by atoms with E-state index in [1.807, 2.05) is 19.9 Å². The van der Waals surface area contributed by atoms with Crippen molar-refractivity contribution >= 4 is 17.5 Å². The zero-order chi connectivity index (χ0) is 15.7. The number of amides is 1. The molecule has 2 aromatic heterocycles. The molecular weight excluding hydrogens is 284 g/mol. The predicted octanol–water partition coefficient (Wildman–Crippen LogP) is 0.232. The molecule has 2 aromatic rings. The summed E-state index contributed by atoms with van der Waals surface area (Å²) < 4.78 is 6.85. The van der Waals surface area contributed by atoms with Crippen LogP contribution in [-0.4, -0.2) is 51.7 Å². The Morgan fingerprint density at radius 1 is 1.50 bits per heavy atom. The molecule has 8 heteroatoms. The molecule has 0 spiro atoms. The van der Waals surface area contributed by atoms with Crippen LogP contribution >= 0.6 is 0 Å². The Morgan fingerprint density at radius 2 is 2.32 bits per heavy atom. The van der Waals surface area contributed by atoms with E-state index in [1.165, 1.54) is 6.33 Å². The molecule has 0 aliphatic carbocycles. The Morgan fingerprint density at radius 3 is 3.05 bits per heavy atom. The number of ether oxygens (including phenoxy) is 1. The van der Waals surface area contributed by atoms with Crippen LogP contribution in [0.25, 0.3) is 5.78 Å². The highest BCUT2D eigenvalue weighted by Crippen LogP contribution is 2.24. The second-order valence-corrected chi connectivity index (χ2v) is 5.68. The lowest BCUT2D eigenvalue weighted by atomic mass is 9.99. The number of anilines is 1. The SMILES string of the molecule is COCc1cc(N2CCNC(=O)C2C(C)C)n2ncnc2n1. The molecule has 3 heterocycles. The Bertz CT molecular complexity index is 683. The molecule has 0 aromatic carbocycles. The summed E-state index contributed by atoms with van der Waals surface area (Å²) in [6, 6.07) is 1.68. The third-order valence-corrected chi connectivity index (χ3v) is 3.76. The molecule has 118 valence electrons. The summed E-state index contributed by atoms with van der Waals surface area (Å²) in [6.45, 7) is 5.81. The van der Waals surface area contributed by atoms with Gasteiger partial charge in [0, 0.05) is 26.3 Å². The standard InChI is InChI=1S/C14H20N6O2/c1-9(2)12-13(21)15-4-5-19(12)11-6-10(7-22-3)18-14-16-8-17-20(11)14/h6,8-9,12H,4-5,7H2,1-3H3,(H,15,21). The van der Waals surface area contributed by atoms with E-state index < -0.39 is 0 Å². The Hall–Kier alpha value is -2.22. The second-order valence-electron chi connectivity index (χ2n) is 5.68. The average molecular weight is 304 g/mol. The lowest BCUT2D eigenvalue weighted by molar-refractivity contribution is -0.124. The first-order valence-corrected chi connectivity index (χ1v) is 7.34. The number of fused-ring (bicyclic) bond motifs is 1. The third-order valence-electron chi connectivity index (χ3n) is 3.76. The summed E-state index contributed by atoms with van der Waals surface area (Å²) in [5.41, 5.74) is 0.770. The van der Waals surface area contributed by atoms with Crippen molar-refractivity contribution in [3.05, 3.63) is 18.1 Å². The van der Waals surface area contributed by atoms with Gasteiger partial charge in [-0.15, -0.1) is 0 Å². The fraction of sp³-hybridized carbons (Fsp3) is 0.571. The molecule has 3 rings (SSSR count). The normalized spacial score (nSPS) is 19.0. The van der Waals surface area contributed by atoms with Gasteiger partial charge in [0.25, 0.3) is 5.78 Å². The van der Waals surface area contributed by atoms with Gasteiger partial charge in [0.1, 0.15) is 18.2 Å². The van der Waals surface area contributed by atoms with Crippen LogP contribution in [0, 0.1) is 5.92 Å². The van der Waals surface area contributed by atoms with Gasteiger partial charge in [-0.3, -0.25) is 4.79 Å². The number of carbonyl (C=O) groups excluding carboxylic acids is 1. The first-order valence-electron chi connectivity index (χ1n) is 7.34. The Kier molecular flexibility index (Phi) is 3.93. The highest BCUT2D eigenvalue weighted by molar-refractivity contribution is 5.86. The van der Waals surface area contributed by atoms with Crippen molar-refractivity contribution in [2.45, 2.75) is 26.5 Å². The van der Waals surface area contributed by atoms with E-state index >= 15 is 0 Å². The lowest BCUT2D eigenvalue weighted by Gasteiger charge is -2.38. The topological polar surface area (TPSA) is 84.7 Å². The van der Waals surface area contributed by atoms with Crippen LogP contribution < -0.4 is 10.2 Å². The van der Waals surface area contributed by atoms with E-state index in [-0.39, 0.29) is 17.9 Å². The first kappa shape index (κ1) is 14.7. The molecule has 1 atom stereocenters. The van der Waals surface area contributed by atoms with E-state index in [1.54, 1.807) is 11.6 Å². The zero-order valence-electron chi connectivity index (χ0n) is 13.0. The maximum Gasteiger partial charge on any atom is 0.254 e. The van der Waals surface area contributed by atoms with Gasteiger partial charge in [0.2, 0.25) is 5.91 Å². The molecule has 1 aliphatic heterocycles. The molecule has 0 saturated carbocycles. The molecule has 22 heavy (non-hydrogen) atoms. The maximum absolute atomic E-state index is 12.3. The smallest absolute Gasteiger partial charge is 0.254 e. The molecule has 8 nitrogen and oxygen atoms in total. The molecule has 1 aliphatic rings. The van der Waals surface area contributed by atoms with Crippen molar-refractivity contribution in [3.63, 3.8) is 0 Å². The lowest BCUT2D eigenvalue weighted by Crippen LogP contribution is -2.58. The van der Waals surface area contributed by atoms with Gasteiger partial charge in [-0.1, -0.05) is 13.8 Å². The van der Waals surface area contributed by atoms with Crippen molar-refractivity contribution in [1.29, 1.82) is 0 Å². The second kappa shape index (κ2) is 5.88. The molecule has 1 fully saturated rings. The van der Waals surface area contributed by atoms with Gasteiger partial charge < -0.3 is 15.0 Å². The molecule has 1 unspecified atom stereocenters.